The highest BCUT2D eigenvalue weighted by molar-refractivity contribution is 6.30. The zero-order valence-corrected chi connectivity index (χ0v) is 14.8. The summed E-state index contributed by atoms with van der Waals surface area (Å²) in [6.07, 6.45) is 1.70. The molecule has 0 bridgehead atoms. The second kappa shape index (κ2) is 9.60. The van der Waals surface area contributed by atoms with Gasteiger partial charge in [0, 0.05) is 31.3 Å². The van der Waals surface area contributed by atoms with E-state index in [4.69, 9.17) is 21.1 Å². The Morgan fingerprint density at radius 1 is 1.30 bits per heavy atom. The van der Waals surface area contributed by atoms with Crippen LogP contribution in [0.4, 0.5) is 0 Å². The number of nitrogens with zero attached hydrogens (tertiary/aromatic N) is 1. The summed E-state index contributed by atoms with van der Waals surface area (Å²) in [6, 6.07) is 7.62. The van der Waals surface area contributed by atoms with E-state index in [-0.39, 0.29) is 6.10 Å². The fraction of sp³-hybridized carbons (Fsp3) is 0.667. The molecule has 2 unspecified atom stereocenters. The van der Waals surface area contributed by atoms with E-state index in [2.05, 4.69) is 11.9 Å². The van der Waals surface area contributed by atoms with E-state index < -0.39 is 6.10 Å². The third-order valence-electron chi connectivity index (χ3n) is 4.31. The number of hydrogen-bond acceptors (Lipinski definition) is 4. The fourth-order valence-corrected chi connectivity index (χ4v) is 3.07. The molecule has 0 amide bonds. The number of halogens is 1. The molecule has 1 saturated heterocycles. The Morgan fingerprint density at radius 2 is 1.96 bits per heavy atom. The van der Waals surface area contributed by atoms with Crippen LogP contribution in [0.5, 0.6) is 0 Å². The molecule has 1 aromatic carbocycles. The highest BCUT2D eigenvalue weighted by Crippen LogP contribution is 2.19. The Balaban J connectivity index is 1.67. The summed E-state index contributed by atoms with van der Waals surface area (Å²) in [5.74, 6) is 0.676. The number of likely N-dealkylation sites (N-methyl/N-ethyl adjacent to an activating group) is 1. The highest BCUT2D eigenvalue weighted by atomic mass is 35.5. The first-order valence-corrected chi connectivity index (χ1v) is 8.74. The number of rotatable bonds is 8. The van der Waals surface area contributed by atoms with Gasteiger partial charge in [-0.2, -0.15) is 0 Å². The van der Waals surface area contributed by atoms with Crippen LogP contribution in [-0.4, -0.2) is 56.1 Å². The molecular formula is C18H28ClNO3. The standard InChI is InChI=1S/C18H28ClNO3/c1-14(16-3-5-17(19)6-4-16)23-13-18(21)12-20(2)11-15-7-9-22-10-8-15/h3-6,14-15,18,21H,7-13H2,1-2H3. The molecule has 0 aromatic heterocycles. The molecule has 1 aromatic rings. The van der Waals surface area contributed by atoms with Crippen LogP contribution in [0.1, 0.15) is 31.4 Å². The van der Waals surface area contributed by atoms with E-state index in [0.717, 1.165) is 43.2 Å². The van der Waals surface area contributed by atoms with Crippen LogP contribution < -0.4 is 0 Å². The van der Waals surface area contributed by atoms with Gasteiger partial charge in [-0.25, -0.2) is 0 Å². The van der Waals surface area contributed by atoms with E-state index in [9.17, 15) is 5.11 Å². The topological polar surface area (TPSA) is 41.9 Å². The first-order valence-electron chi connectivity index (χ1n) is 8.36. The van der Waals surface area contributed by atoms with Crippen molar-refractivity contribution in [1.82, 2.24) is 4.90 Å². The van der Waals surface area contributed by atoms with Gasteiger partial charge in [0.2, 0.25) is 0 Å². The Hall–Kier alpha value is -0.650. The molecule has 0 spiro atoms. The minimum absolute atomic E-state index is 0.0530. The molecule has 0 saturated carbocycles. The molecule has 4 nitrogen and oxygen atoms in total. The summed E-state index contributed by atoms with van der Waals surface area (Å²) in [7, 11) is 2.06. The lowest BCUT2D eigenvalue weighted by atomic mass is 10.00. The van der Waals surface area contributed by atoms with E-state index >= 15 is 0 Å². The average molecular weight is 342 g/mol. The van der Waals surface area contributed by atoms with Gasteiger partial charge in [-0.15, -0.1) is 0 Å². The van der Waals surface area contributed by atoms with Crippen LogP contribution in [-0.2, 0) is 9.47 Å². The Kier molecular flexibility index (Phi) is 7.80. The van der Waals surface area contributed by atoms with Crippen LogP contribution in [0, 0.1) is 5.92 Å². The average Bonchev–Trinajstić information content (AvgIpc) is 2.54. The largest absolute Gasteiger partial charge is 0.389 e. The minimum Gasteiger partial charge on any atom is -0.389 e. The first-order chi connectivity index (χ1) is 11.0. The van der Waals surface area contributed by atoms with Crippen molar-refractivity contribution in [3.05, 3.63) is 34.9 Å². The van der Waals surface area contributed by atoms with Crippen molar-refractivity contribution in [2.75, 3.05) is 40.0 Å². The van der Waals surface area contributed by atoms with Gasteiger partial charge in [-0.3, -0.25) is 0 Å². The van der Waals surface area contributed by atoms with Gasteiger partial charge in [-0.1, -0.05) is 23.7 Å². The van der Waals surface area contributed by atoms with Crippen LogP contribution in [0.15, 0.2) is 24.3 Å². The number of aliphatic hydroxyl groups is 1. The second-order valence-electron chi connectivity index (χ2n) is 6.46. The van der Waals surface area contributed by atoms with Gasteiger partial charge in [0.1, 0.15) is 0 Å². The highest BCUT2D eigenvalue weighted by Gasteiger charge is 2.18. The predicted octanol–water partition coefficient (Wildman–Crippen LogP) is 3.14. The maximum atomic E-state index is 10.2. The van der Waals surface area contributed by atoms with Crippen LogP contribution in [0.25, 0.3) is 0 Å². The number of benzene rings is 1. The third-order valence-corrected chi connectivity index (χ3v) is 4.56. The Bertz CT molecular complexity index is 448. The van der Waals surface area contributed by atoms with E-state index in [1.54, 1.807) is 0 Å². The van der Waals surface area contributed by atoms with Gasteiger partial charge in [0.15, 0.2) is 0 Å². The van der Waals surface area contributed by atoms with Gasteiger partial charge in [0.25, 0.3) is 0 Å². The quantitative estimate of drug-likeness (QED) is 0.788. The molecule has 5 heteroatoms. The van der Waals surface area contributed by atoms with Gasteiger partial charge >= 0.3 is 0 Å². The van der Waals surface area contributed by atoms with Crippen LogP contribution in [0.3, 0.4) is 0 Å². The number of ether oxygens (including phenoxy) is 2. The molecule has 1 N–H and O–H groups in total. The molecule has 2 rings (SSSR count). The summed E-state index contributed by atoms with van der Waals surface area (Å²) < 4.78 is 11.2. The lowest BCUT2D eigenvalue weighted by Crippen LogP contribution is -2.36. The minimum atomic E-state index is -0.477. The molecule has 1 aliphatic rings. The molecule has 1 heterocycles. The summed E-state index contributed by atoms with van der Waals surface area (Å²) in [5, 5.41) is 10.9. The number of aliphatic hydroxyl groups excluding tert-OH is 1. The summed E-state index contributed by atoms with van der Waals surface area (Å²) >= 11 is 5.89. The number of hydrogen-bond donors (Lipinski definition) is 1. The summed E-state index contributed by atoms with van der Waals surface area (Å²) in [4.78, 5) is 2.19. The van der Waals surface area contributed by atoms with Crippen molar-refractivity contribution in [2.24, 2.45) is 5.92 Å². The van der Waals surface area contributed by atoms with Crippen LogP contribution in [0.2, 0.25) is 5.02 Å². The lowest BCUT2D eigenvalue weighted by molar-refractivity contribution is -0.0169. The molecule has 1 fully saturated rings. The normalized spacial score (nSPS) is 19.0. The van der Waals surface area contributed by atoms with Crippen molar-refractivity contribution < 1.29 is 14.6 Å². The van der Waals surface area contributed by atoms with Gasteiger partial charge in [-0.05, 0) is 50.4 Å². The third kappa shape index (κ3) is 6.77. The smallest absolute Gasteiger partial charge is 0.0900 e. The zero-order chi connectivity index (χ0) is 16.7. The molecule has 130 valence electrons. The molecule has 23 heavy (non-hydrogen) atoms. The maximum Gasteiger partial charge on any atom is 0.0900 e. The van der Waals surface area contributed by atoms with Crippen molar-refractivity contribution >= 4 is 11.6 Å². The van der Waals surface area contributed by atoms with Crippen molar-refractivity contribution in [1.29, 1.82) is 0 Å². The Labute approximate surface area is 144 Å². The molecule has 1 aliphatic heterocycles. The maximum absolute atomic E-state index is 10.2. The fourth-order valence-electron chi connectivity index (χ4n) is 2.94. The molecular weight excluding hydrogens is 314 g/mol. The van der Waals surface area contributed by atoms with Crippen molar-refractivity contribution in [3.63, 3.8) is 0 Å². The monoisotopic (exact) mass is 341 g/mol. The van der Waals surface area contributed by atoms with Gasteiger partial charge in [0.05, 0.1) is 18.8 Å². The molecule has 2 atom stereocenters. The van der Waals surface area contributed by atoms with E-state index in [1.165, 1.54) is 0 Å². The molecule has 0 aliphatic carbocycles. The van der Waals surface area contributed by atoms with Crippen LogP contribution >= 0.6 is 11.6 Å². The van der Waals surface area contributed by atoms with Crippen molar-refractivity contribution in [2.45, 2.75) is 32.0 Å². The SMILES string of the molecule is CC(OCC(O)CN(C)CC1CCOCC1)c1ccc(Cl)cc1. The van der Waals surface area contributed by atoms with Gasteiger partial charge < -0.3 is 19.5 Å². The summed E-state index contributed by atoms with van der Waals surface area (Å²) in [6.45, 7) is 5.69. The lowest BCUT2D eigenvalue weighted by Gasteiger charge is -2.28. The summed E-state index contributed by atoms with van der Waals surface area (Å²) in [5.41, 5.74) is 1.07. The van der Waals surface area contributed by atoms with E-state index in [0.29, 0.717) is 19.1 Å². The second-order valence-corrected chi connectivity index (χ2v) is 6.89. The first kappa shape index (κ1) is 18.7. The zero-order valence-electron chi connectivity index (χ0n) is 14.1. The Morgan fingerprint density at radius 3 is 2.61 bits per heavy atom. The van der Waals surface area contributed by atoms with Crippen molar-refractivity contribution in [3.8, 4) is 0 Å². The predicted molar refractivity (Wildman–Crippen MR) is 92.9 cm³/mol. The van der Waals surface area contributed by atoms with E-state index in [1.807, 2.05) is 31.2 Å². The molecule has 0 radical (unpaired) electrons.